The molecule has 1 aliphatic rings. The number of nitrogens with one attached hydrogen (secondary N) is 1. The van der Waals surface area contributed by atoms with E-state index in [9.17, 15) is 4.79 Å². The molecule has 1 rings (SSSR count). The third-order valence-electron chi connectivity index (χ3n) is 3.73. The topological polar surface area (TPSA) is 41.6 Å². The van der Waals surface area contributed by atoms with Crippen molar-refractivity contribution in [1.82, 2.24) is 10.2 Å². The normalized spacial score (nSPS) is 25.7. The lowest BCUT2D eigenvalue weighted by Crippen LogP contribution is -2.44. The van der Waals surface area contributed by atoms with Crippen LogP contribution in [0, 0.1) is 0 Å². The van der Waals surface area contributed by atoms with Crippen LogP contribution in [-0.2, 0) is 9.53 Å². The number of hydrogen-bond donors (Lipinski definition) is 1. The summed E-state index contributed by atoms with van der Waals surface area (Å²) < 4.78 is 5.24. The van der Waals surface area contributed by atoms with Gasteiger partial charge in [-0.2, -0.15) is 0 Å². The molecule has 4 nitrogen and oxygen atoms in total. The second kappa shape index (κ2) is 7.10. The van der Waals surface area contributed by atoms with Gasteiger partial charge in [-0.25, -0.2) is 0 Å². The van der Waals surface area contributed by atoms with Crippen LogP contribution in [-0.4, -0.2) is 48.7 Å². The first-order valence-electron chi connectivity index (χ1n) is 7.10. The third-order valence-corrected chi connectivity index (χ3v) is 3.73. The molecule has 1 aliphatic heterocycles. The molecule has 0 spiro atoms. The van der Waals surface area contributed by atoms with Crippen LogP contribution in [0.2, 0.25) is 0 Å². The molecule has 0 aromatic rings. The smallest absolute Gasteiger partial charge is 0.323 e. The molecule has 4 heteroatoms. The average Bonchev–Trinajstić information content (AvgIpc) is 2.75. The Kier molecular flexibility index (Phi) is 6.09. The van der Waals surface area contributed by atoms with Crippen molar-refractivity contribution in [2.24, 2.45) is 0 Å². The van der Waals surface area contributed by atoms with E-state index in [-0.39, 0.29) is 18.1 Å². The summed E-state index contributed by atoms with van der Waals surface area (Å²) >= 11 is 0. The Bertz CT molecular complexity index is 269. The fourth-order valence-electron chi connectivity index (χ4n) is 2.30. The van der Waals surface area contributed by atoms with E-state index in [1.165, 1.54) is 0 Å². The van der Waals surface area contributed by atoms with E-state index in [1.807, 2.05) is 13.8 Å². The highest BCUT2D eigenvalue weighted by molar-refractivity contribution is 5.76. The largest absolute Gasteiger partial charge is 0.462 e. The third kappa shape index (κ3) is 4.58. The summed E-state index contributed by atoms with van der Waals surface area (Å²) in [5.74, 6) is -0.0984. The molecule has 3 atom stereocenters. The van der Waals surface area contributed by atoms with E-state index in [0.29, 0.717) is 12.1 Å². The van der Waals surface area contributed by atoms with E-state index < -0.39 is 0 Å². The van der Waals surface area contributed by atoms with Gasteiger partial charge in [-0.3, -0.25) is 4.79 Å². The van der Waals surface area contributed by atoms with Crippen LogP contribution in [0.25, 0.3) is 0 Å². The quantitative estimate of drug-likeness (QED) is 0.736. The fourth-order valence-corrected chi connectivity index (χ4v) is 2.30. The Labute approximate surface area is 111 Å². The lowest BCUT2D eigenvalue weighted by molar-refractivity contribution is -0.149. The number of ether oxygens (including phenoxy) is 1. The van der Waals surface area contributed by atoms with Crippen molar-refractivity contribution in [3.63, 3.8) is 0 Å². The van der Waals surface area contributed by atoms with Crippen molar-refractivity contribution in [2.45, 2.75) is 71.2 Å². The minimum Gasteiger partial charge on any atom is -0.462 e. The lowest BCUT2D eigenvalue weighted by atomic mass is 10.1. The number of nitrogens with zero attached hydrogens (tertiary/aromatic N) is 1. The highest BCUT2D eigenvalue weighted by Crippen LogP contribution is 2.16. The monoisotopic (exact) mass is 256 g/mol. The first-order valence-corrected chi connectivity index (χ1v) is 7.10. The average molecular weight is 256 g/mol. The Morgan fingerprint density at radius 3 is 2.61 bits per heavy atom. The van der Waals surface area contributed by atoms with Crippen LogP contribution in [0.15, 0.2) is 0 Å². The van der Waals surface area contributed by atoms with Gasteiger partial charge in [-0.05, 0) is 47.1 Å². The maximum Gasteiger partial charge on any atom is 0.323 e. The second-order valence-corrected chi connectivity index (χ2v) is 5.68. The number of hydrogen-bond acceptors (Lipinski definition) is 4. The molecule has 0 saturated carbocycles. The van der Waals surface area contributed by atoms with Gasteiger partial charge >= 0.3 is 5.97 Å². The molecule has 3 unspecified atom stereocenters. The van der Waals surface area contributed by atoms with Crippen LogP contribution in [0.5, 0.6) is 0 Å². The van der Waals surface area contributed by atoms with Crippen molar-refractivity contribution in [2.75, 3.05) is 13.6 Å². The molecule has 0 amide bonds. The van der Waals surface area contributed by atoms with Gasteiger partial charge in [0.2, 0.25) is 0 Å². The number of carbonyl (C=O) groups is 1. The maximum absolute atomic E-state index is 11.8. The van der Waals surface area contributed by atoms with Gasteiger partial charge in [0.25, 0.3) is 0 Å². The molecule has 106 valence electrons. The van der Waals surface area contributed by atoms with Crippen molar-refractivity contribution in [3.05, 3.63) is 0 Å². The summed E-state index contributed by atoms with van der Waals surface area (Å²) in [7, 11) is 2.15. The van der Waals surface area contributed by atoms with Crippen LogP contribution < -0.4 is 5.32 Å². The number of rotatable bonds is 6. The van der Waals surface area contributed by atoms with Gasteiger partial charge in [0.05, 0.1) is 6.10 Å². The Morgan fingerprint density at radius 2 is 2.06 bits per heavy atom. The van der Waals surface area contributed by atoms with Crippen molar-refractivity contribution in [1.29, 1.82) is 0 Å². The zero-order valence-corrected chi connectivity index (χ0v) is 12.4. The minimum atomic E-state index is -0.109. The summed E-state index contributed by atoms with van der Waals surface area (Å²) in [6.45, 7) is 9.22. The van der Waals surface area contributed by atoms with Gasteiger partial charge < -0.3 is 15.0 Å². The molecule has 1 saturated heterocycles. The van der Waals surface area contributed by atoms with Crippen LogP contribution in [0.1, 0.15) is 47.0 Å². The molecule has 18 heavy (non-hydrogen) atoms. The predicted molar refractivity (Wildman–Crippen MR) is 73.6 cm³/mol. The standard InChI is InChI=1S/C14H28N2O2/c1-6-11(4)16(5)9-12-7-8-13(15-12)14(17)18-10(2)3/h10-13,15H,6-9H2,1-5H3. The Balaban J connectivity index is 2.35. The van der Waals surface area contributed by atoms with Crippen molar-refractivity contribution in [3.8, 4) is 0 Å². The van der Waals surface area contributed by atoms with Crippen LogP contribution in [0.3, 0.4) is 0 Å². The summed E-state index contributed by atoms with van der Waals surface area (Å²) in [6.07, 6.45) is 3.08. The van der Waals surface area contributed by atoms with E-state index in [4.69, 9.17) is 4.74 Å². The summed E-state index contributed by atoms with van der Waals surface area (Å²) in [6, 6.07) is 0.893. The summed E-state index contributed by atoms with van der Waals surface area (Å²) in [5, 5.41) is 3.39. The maximum atomic E-state index is 11.8. The number of likely N-dealkylation sites (N-methyl/N-ethyl adjacent to an activating group) is 1. The van der Waals surface area contributed by atoms with E-state index in [1.54, 1.807) is 0 Å². The highest BCUT2D eigenvalue weighted by atomic mass is 16.5. The molecule has 0 bridgehead atoms. The first-order chi connectivity index (χ1) is 8.43. The molecule has 1 N–H and O–H groups in total. The molecule has 0 aliphatic carbocycles. The van der Waals surface area contributed by atoms with Gasteiger partial charge in [-0.15, -0.1) is 0 Å². The van der Waals surface area contributed by atoms with Crippen molar-refractivity contribution >= 4 is 5.97 Å². The van der Waals surface area contributed by atoms with Crippen molar-refractivity contribution < 1.29 is 9.53 Å². The molecule has 0 aromatic carbocycles. The molecular formula is C14H28N2O2. The lowest BCUT2D eigenvalue weighted by Gasteiger charge is -2.27. The van der Waals surface area contributed by atoms with Crippen LogP contribution >= 0.6 is 0 Å². The van der Waals surface area contributed by atoms with E-state index in [2.05, 4.69) is 31.1 Å². The fraction of sp³-hybridized carbons (Fsp3) is 0.929. The van der Waals surface area contributed by atoms with Gasteiger partial charge in [-0.1, -0.05) is 6.92 Å². The second-order valence-electron chi connectivity index (χ2n) is 5.68. The minimum absolute atomic E-state index is 0.0267. The van der Waals surface area contributed by atoms with E-state index in [0.717, 1.165) is 25.8 Å². The molecule has 1 heterocycles. The Morgan fingerprint density at radius 1 is 1.39 bits per heavy atom. The van der Waals surface area contributed by atoms with Gasteiger partial charge in [0.1, 0.15) is 6.04 Å². The van der Waals surface area contributed by atoms with Crippen LogP contribution in [0.4, 0.5) is 0 Å². The highest BCUT2D eigenvalue weighted by Gasteiger charge is 2.31. The molecule has 0 radical (unpaired) electrons. The predicted octanol–water partition coefficient (Wildman–Crippen LogP) is 1.79. The molecule has 0 aromatic heterocycles. The zero-order valence-electron chi connectivity index (χ0n) is 12.4. The Hall–Kier alpha value is -0.610. The van der Waals surface area contributed by atoms with Gasteiger partial charge in [0.15, 0.2) is 0 Å². The van der Waals surface area contributed by atoms with E-state index >= 15 is 0 Å². The first kappa shape index (κ1) is 15.4. The van der Waals surface area contributed by atoms with Gasteiger partial charge in [0, 0.05) is 18.6 Å². The summed E-state index contributed by atoms with van der Waals surface area (Å²) in [5.41, 5.74) is 0. The molecule has 1 fully saturated rings. The zero-order chi connectivity index (χ0) is 13.7. The number of esters is 1. The SMILES string of the molecule is CCC(C)N(C)CC1CCC(C(=O)OC(C)C)N1. The molecular weight excluding hydrogens is 228 g/mol. The number of carbonyl (C=O) groups excluding carboxylic acids is 1. The summed E-state index contributed by atoms with van der Waals surface area (Å²) in [4.78, 5) is 14.1.